The maximum atomic E-state index is 12.3. The molecule has 0 radical (unpaired) electrons. The molecule has 0 atom stereocenters. The highest BCUT2D eigenvalue weighted by atomic mass is 127. The predicted octanol–water partition coefficient (Wildman–Crippen LogP) is 5.87. The first-order chi connectivity index (χ1) is 14.1. The van der Waals surface area contributed by atoms with E-state index in [4.69, 9.17) is 21.1 Å². The lowest BCUT2D eigenvalue weighted by molar-refractivity contribution is -0.129. The highest BCUT2D eigenvalue weighted by molar-refractivity contribution is 14.1. The molecule has 0 fully saturated rings. The van der Waals surface area contributed by atoms with Crippen LogP contribution in [0.4, 0.5) is 0 Å². The molecular formula is C23H15ClINO3. The molecule has 1 aliphatic rings. The molecule has 0 saturated heterocycles. The van der Waals surface area contributed by atoms with Crippen molar-refractivity contribution in [1.29, 1.82) is 0 Å². The summed E-state index contributed by atoms with van der Waals surface area (Å²) in [5, 5.41) is 0.660. The van der Waals surface area contributed by atoms with Gasteiger partial charge in [0, 0.05) is 19.7 Å². The number of hydrogen-bond acceptors (Lipinski definition) is 4. The number of halogens is 2. The zero-order chi connectivity index (χ0) is 20.2. The Hall–Kier alpha value is -2.64. The highest BCUT2D eigenvalue weighted by Gasteiger charge is 2.24. The summed E-state index contributed by atoms with van der Waals surface area (Å²) >= 11 is 8.25. The lowest BCUT2D eigenvalue weighted by atomic mass is 10.1. The van der Waals surface area contributed by atoms with Gasteiger partial charge in [-0.25, -0.2) is 9.79 Å². The van der Waals surface area contributed by atoms with Gasteiger partial charge in [-0.1, -0.05) is 41.9 Å². The highest BCUT2D eigenvalue weighted by Crippen LogP contribution is 2.26. The Bertz CT molecular complexity index is 1120. The van der Waals surface area contributed by atoms with Gasteiger partial charge in [-0.05, 0) is 76.7 Å². The van der Waals surface area contributed by atoms with Crippen molar-refractivity contribution in [2.24, 2.45) is 4.99 Å². The molecule has 0 unspecified atom stereocenters. The summed E-state index contributed by atoms with van der Waals surface area (Å²) < 4.78 is 12.4. The van der Waals surface area contributed by atoms with Gasteiger partial charge in [0.15, 0.2) is 5.70 Å². The van der Waals surface area contributed by atoms with Crippen LogP contribution in [-0.4, -0.2) is 11.9 Å². The van der Waals surface area contributed by atoms with Crippen LogP contribution in [-0.2, 0) is 16.1 Å². The third-order valence-electron chi connectivity index (χ3n) is 4.21. The van der Waals surface area contributed by atoms with E-state index in [1.165, 1.54) is 0 Å². The number of cyclic esters (lactones) is 1. The van der Waals surface area contributed by atoms with Crippen molar-refractivity contribution < 1.29 is 14.3 Å². The molecule has 0 bridgehead atoms. The molecule has 0 spiro atoms. The number of hydrogen-bond donors (Lipinski definition) is 0. The third kappa shape index (κ3) is 4.86. The Labute approximate surface area is 187 Å². The zero-order valence-corrected chi connectivity index (χ0v) is 18.1. The van der Waals surface area contributed by atoms with Crippen LogP contribution in [0.1, 0.15) is 16.7 Å². The second-order valence-corrected chi connectivity index (χ2v) is 7.98. The maximum Gasteiger partial charge on any atom is 0.363 e. The Kier molecular flexibility index (Phi) is 5.97. The maximum absolute atomic E-state index is 12.3. The lowest BCUT2D eigenvalue weighted by Gasteiger charge is -2.09. The molecule has 0 aliphatic carbocycles. The van der Waals surface area contributed by atoms with Gasteiger partial charge in [-0.2, -0.15) is 0 Å². The average molecular weight is 516 g/mol. The van der Waals surface area contributed by atoms with Crippen LogP contribution in [0, 0.1) is 3.57 Å². The third-order valence-corrected chi connectivity index (χ3v) is 5.16. The van der Waals surface area contributed by atoms with Gasteiger partial charge < -0.3 is 9.47 Å². The van der Waals surface area contributed by atoms with E-state index in [9.17, 15) is 4.79 Å². The van der Waals surface area contributed by atoms with E-state index in [1.807, 2.05) is 72.8 Å². The molecule has 4 nitrogen and oxygen atoms in total. The Morgan fingerprint density at radius 3 is 2.62 bits per heavy atom. The van der Waals surface area contributed by atoms with Crippen molar-refractivity contribution in [2.75, 3.05) is 0 Å². The standard InChI is InChI=1S/C23H15ClINO3/c24-18-6-3-4-15(12-18)14-28-21-7-2-1-5-17(21)13-20-23(27)29-22(26-20)16-8-10-19(25)11-9-16/h1-13H,14H2/b20-13-. The summed E-state index contributed by atoms with van der Waals surface area (Å²) in [7, 11) is 0. The number of esters is 1. The summed E-state index contributed by atoms with van der Waals surface area (Å²) in [5.41, 5.74) is 2.69. The molecule has 4 rings (SSSR count). The fourth-order valence-electron chi connectivity index (χ4n) is 2.79. The Morgan fingerprint density at radius 1 is 1.03 bits per heavy atom. The van der Waals surface area contributed by atoms with E-state index in [0.29, 0.717) is 23.3 Å². The van der Waals surface area contributed by atoms with E-state index in [2.05, 4.69) is 27.6 Å². The first-order valence-electron chi connectivity index (χ1n) is 8.83. The first-order valence-corrected chi connectivity index (χ1v) is 10.3. The molecule has 0 N–H and O–H groups in total. The van der Waals surface area contributed by atoms with Gasteiger partial charge in [0.25, 0.3) is 0 Å². The molecule has 1 heterocycles. The van der Waals surface area contributed by atoms with Gasteiger partial charge in [0.2, 0.25) is 5.90 Å². The number of carbonyl (C=O) groups excluding carboxylic acids is 1. The van der Waals surface area contributed by atoms with Crippen LogP contribution in [0.25, 0.3) is 6.08 Å². The largest absolute Gasteiger partial charge is 0.488 e. The normalized spacial score (nSPS) is 14.6. The van der Waals surface area contributed by atoms with E-state index < -0.39 is 5.97 Å². The monoisotopic (exact) mass is 515 g/mol. The van der Waals surface area contributed by atoms with Crippen LogP contribution in [0.3, 0.4) is 0 Å². The lowest BCUT2D eigenvalue weighted by Crippen LogP contribution is -2.05. The molecule has 0 amide bonds. The van der Waals surface area contributed by atoms with Gasteiger partial charge in [0.05, 0.1) is 0 Å². The quantitative estimate of drug-likeness (QED) is 0.243. The molecule has 3 aromatic rings. The van der Waals surface area contributed by atoms with Gasteiger partial charge in [-0.15, -0.1) is 0 Å². The van der Waals surface area contributed by atoms with E-state index in [-0.39, 0.29) is 5.70 Å². The minimum absolute atomic E-state index is 0.234. The van der Waals surface area contributed by atoms with Crippen LogP contribution >= 0.6 is 34.2 Å². The fourth-order valence-corrected chi connectivity index (χ4v) is 3.36. The van der Waals surface area contributed by atoms with Crippen LogP contribution < -0.4 is 4.74 Å². The summed E-state index contributed by atoms with van der Waals surface area (Å²) in [6.45, 7) is 0.363. The summed E-state index contributed by atoms with van der Waals surface area (Å²) in [6, 6.07) is 22.6. The average Bonchev–Trinajstić information content (AvgIpc) is 3.08. The van der Waals surface area contributed by atoms with Crippen molar-refractivity contribution in [1.82, 2.24) is 0 Å². The molecule has 6 heteroatoms. The Morgan fingerprint density at radius 2 is 1.83 bits per heavy atom. The zero-order valence-electron chi connectivity index (χ0n) is 15.1. The molecular weight excluding hydrogens is 501 g/mol. The smallest absolute Gasteiger partial charge is 0.363 e. The van der Waals surface area contributed by atoms with E-state index >= 15 is 0 Å². The predicted molar refractivity (Wildman–Crippen MR) is 122 cm³/mol. The number of carbonyl (C=O) groups is 1. The van der Waals surface area contributed by atoms with Crippen molar-refractivity contribution in [3.63, 3.8) is 0 Å². The van der Waals surface area contributed by atoms with Crippen LogP contribution in [0.2, 0.25) is 5.02 Å². The molecule has 1 aliphatic heterocycles. The SMILES string of the molecule is O=C1OC(c2ccc(I)cc2)=N/C1=C\c1ccccc1OCc1cccc(Cl)c1. The number of ether oxygens (including phenoxy) is 2. The number of nitrogens with zero attached hydrogens (tertiary/aromatic N) is 1. The summed E-state index contributed by atoms with van der Waals surface area (Å²) in [4.78, 5) is 16.7. The molecule has 144 valence electrons. The molecule has 3 aromatic carbocycles. The first kappa shape index (κ1) is 19.7. The molecule has 0 aromatic heterocycles. The van der Waals surface area contributed by atoms with Gasteiger partial charge in [0.1, 0.15) is 12.4 Å². The molecule has 0 saturated carbocycles. The summed E-state index contributed by atoms with van der Waals surface area (Å²) in [5.74, 6) is 0.462. The Balaban J connectivity index is 1.57. The minimum atomic E-state index is -0.483. The van der Waals surface area contributed by atoms with Crippen molar-refractivity contribution in [3.8, 4) is 5.75 Å². The number of aliphatic imine (C=N–C) groups is 1. The van der Waals surface area contributed by atoms with Gasteiger partial charge >= 0.3 is 5.97 Å². The topological polar surface area (TPSA) is 47.9 Å². The number of rotatable bonds is 5. The van der Waals surface area contributed by atoms with Crippen molar-refractivity contribution in [3.05, 3.63) is 104 Å². The van der Waals surface area contributed by atoms with E-state index in [0.717, 1.165) is 20.3 Å². The summed E-state index contributed by atoms with van der Waals surface area (Å²) in [6.07, 6.45) is 1.68. The number of benzene rings is 3. The second kappa shape index (κ2) is 8.80. The second-order valence-electron chi connectivity index (χ2n) is 6.30. The minimum Gasteiger partial charge on any atom is -0.488 e. The van der Waals surface area contributed by atoms with Crippen LogP contribution in [0.15, 0.2) is 83.5 Å². The molecule has 29 heavy (non-hydrogen) atoms. The van der Waals surface area contributed by atoms with E-state index in [1.54, 1.807) is 6.08 Å². The van der Waals surface area contributed by atoms with Crippen LogP contribution in [0.5, 0.6) is 5.75 Å². The van der Waals surface area contributed by atoms with Crippen molar-refractivity contribution in [2.45, 2.75) is 6.61 Å². The number of para-hydroxylation sites is 1. The van der Waals surface area contributed by atoms with Crippen molar-refractivity contribution >= 4 is 52.1 Å². The fraction of sp³-hybridized carbons (Fsp3) is 0.0435. The van der Waals surface area contributed by atoms with Gasteiger partial charge in [-0.3, -0.25) is 0 Å².